The van der Waals surface area contributed by atoms with E-state index < -0.39 is 11.9 Å². The summed E-state index contributed by atoms with van der Waals surface area (Å²) in [5.41, 5.74) is 2.95. The lowest BCUT2D eigenvalue weighted by atomic mass is 9.82. The van der Waals surface area contributed by atoms with Gasteiger partial charge in [-0.3, -0.25) is 19.2 Å². The summed E-state index contributed by atoms with van der Waals surface area (Å²) in [5.74, 6) is -2.26. The molecule has 0 spiro atoms. The fourth-order valence-electron chi connectivity index (χ4n) is 5.16. The van der Waals surface area contributed by atoms with Gasteiger partial charge in [0.25, 0.3) is 0 Å². The molecule has 0 radical (unpaired) electrons. The van der Waals surface area contributed by atoms with Gasteiger partial charge in [-0.25, -0.2) is 4.90 Å². The number of carbonyl (C=O) groups is 4. The molecule has 3 amide bonds. The zero-order valence-electron chi connectivity index (χ0n) is 19.5. The van der Waals surface area contributed by atoms with Crippen molar-refractivity contribution >= 4 is 46.7 Å². The summed E-state index contributed by atoms with van der Waals surface area (Å²) in [6.07, 6.45) is 3.19. The highest BCUT2D eigenvalue weighted by atomic mass is 35.5. The molecule has 35 heavy (non-hydrogen) atoms. The SMILES string of the molecule is CC1=CC[C@@H]2C(=O)N(c3cccc(OC(=O)[C@H]4CC(=O)N(c5cccc(Cl)c5C)C4)c3)C(=O)[C@H]2C1. The summed E-state index contributed by atoms with van der Waals surface area (Å²) in [6, 6.07) is 11.8. The number of benzene rings is 2. The van der Waals surface area contributed by atoms with Crippen LogP contribution in [0.5, 0.6) is 5.75 Å². The average molecular weight is 493 g/mol. The van der Waals surface area contributed by atoms with Crippen LogP contribution in [0.4, 0.5) is 11.4 Å². The summed E-state index contributed by atoms with van der Waals surface area (Å²) in [4.78, 5) is 54.3. The first-order valence-electron chi connectivity index (χ1n) is 11.6. The van der Waals surface area contributed by atoms with Gasteiger partial charge in [-0.2, -0.15) is 0 Å². The Morgan fingerprint density at radius 2 is 1.74 bits per heavy atom. The Labute approximate surface area is 208 Å². The Balaban J connectivity index is 1.30. The lowest BCUT2D eigenvalue weighted by molar-refractivity contribution is -0.139. The number of amides is 3. The molecule has 2 aliphatic heterocycles. The molecule has 0 saturated carbocycles. The van der Waals surface area contributed by atoms with Crippen LogP contribution in [-0.2, 0) is 19.2 Å². The van der Waals surface area contributed by atoms with Crippen molar-refractivity contribution in [2.45, 2.75) is 33.1 Å². The second-order valence-corrected chi connectivity index (χ2v) is 9.83. The summed E-state index contributed by atoms with van der Waals surface area (Å²) < 4.78 is 5.59. The van der Waals surface area contributed by atoms with Crippen LogP contribution in [0.3, 0.4) is 0 Å². The number of hydrogen-bond donors (Lipinski definition) is 0. The minimum atomic E-state index is -0.642. The van der Waals surface area contributed by atoms with Crippen molar-refractivity contribution < 1.29 is 23.9 Å². The van der Waals surface area contributed by atoms with Crippen LogP contribution in [0.25, 0.3) is 0 Å². The van der Waals surface area contributed by atoms with Crippen molar-refractivity contribution in [2.24, 2.45) is 17.8 Å². The number of rotatable bonds is 4. The van der Waals surface area contributed by atoms with E-state index >= 15 is 0 Å². The fraction of sp³-hybridized carbons (Fsp3) is 0.333. The highest BCUT2D eigenvalue weighted by Gasteiger charge is 2.48. The molecule has 2 heterocycles. The van der Waals surface area contributed by atoms with E-state index in [-0.39, 0.29) is 48.3 Å². The van der Waals surface area contributed by atoms with Crippen LogP contribution in [0.2, 0.25) is 5.02 Å². The molecule has 2 saturated heterocycles. The van der Waals surface area contributed by atoms with E-state index in [0.29, 0.717) is 29.2 Å². The highest BCUT2D eigenvalue weighted by molar-refractivity contribution is 6.31. The molecule has 3 aliphatic rings. The minimum Gasteiger partial charge on any atom is -0.426 e. The Hall–Kier alpha value is -3.45. The van der Waals surface area contributed by atoms with Gasteiger partial charge in [0.1, 0.15) is 5.75 Å². The second-order valence-electron chi connectivity index (χ2n) is 9.42. The molecule has 0 N–H and O–H groups in total. The third kappa shape index (κ3) is 4.14. The maximum Gasteiger partial charge on any atom is 0.316 e. The van der Waals surface area contributed by atoms with Crippen molar-refractivity contribution in [1.29, 1.82) is 0 Å². The molecule has 2 aromatic carbocycles. The van der Waals surface area contributed by atoms with Gasteiger partial charge in [0.15, 0.2) is 0 Å². The maximum atomic E-state index is 13.0. The van der Waals surface area contributed by atoms with Gasteiger partial charge in [-0.15, -0.1) is 0 Å². The number of allylic oxidation sites excluding steroid dienone is 2. The van der Waals surface area contributed by atoms with Crippen molar-refractivity contribution in [3.05, 3.63) is 64.7 Å². The highest BCUT2D eigenvalue weighted by Crippen LogP contribution is 2.40. The van der Waals surface area contributed by atoms with Crippen LogP contribution in [0.1, 0.15) is 31.7 Å². The van der Waals surface area contributed by atoms with E-state index in [0.717, 1.165) is 11.1 Å². The standard InChI is InChI=1S/C27H25ClN2O5/c1-15-9-10-20-21(11-15)26(33)30(25(20)32)18-5-3-6-19(13-18)35-27(34)17-12-24(31)29(14-17)23-8-4-7-22(28)16(23)2/h3-9,13,17,20-21H,10-12,14H2,1-2H3/t17-,20-,21-/m0/s1. The zero-order chi connectivity index (χ0) is 24.9. The molecule has 0 bridgehead atoms. The van der Waals surface area contributed by atoms with Gasteiger partial charge in [-0.05, 0) is 56.5 Å². The number of hydrogen-bond acceptors (Lipinski definition) is 5. The monoisotopic (exact) mass is 492 g/mol. The molecule has 1 aliphatic carbocycles. The Morgan fingerprint density at radius 3 is 2.54 bits per heavy atom. The zero-order valence-corrected chi connectivity index (χ0v) is 20.2. The quantitative estimate of drug-likeness (QED) is 0.272. The topological polar surface area (TPSA) is 84.0 Å². The van der Waals surface area contributed by atoms with Gasteiger partial charge in [0.2, 0.25) is 17.7 Å². The Kier molecular flexibility index (Phi) is 5.97. The van der Waals surface area contributed by atoms with Gasteiger partial charge in [0.05, 0.1) is 23.4 Å². The van der Waals surface area contributed by atoms with E-state index in [4.69, 9.17) is 16.3 Å². The van der Waals surface area contributed by atoms with E-state index in [1.165, 1.54) is 11.0 Å². The van der Waals surface area contributed by atoms with Crippen molar-refractivity contribution in [2.75, 3.05) is 16.3 Å². The number of fused-ring (bicyclic) bond motifs is 1. The van der Waals surface area contributed by atoms with Crippen LogP contribution in [0, 0.1) is 24.7 Å². The van der Waals surface area contributed by atoms with Crippen molar-refractivity contribution in [3.8, 4) is 5.75 Å². The van der Waals surface area contributed by atoms with E-state index in [1.54, 1.807) is 41.3 Å². The van der Waals surface area contributed by atoms with Gasteiger partial charge >= 0.3 is 5.97 Å². The smallest absolute Gasteiger partial charge is 0.316 e. The van der Waals surface area contributed by atoms with E-state index in [1.807, 2.05) is 19.9 Å². The lowest BCUT2D eigenvalue weighted by Gasteiger charge is -2.19. The summed E-state index contributed by atoms with van der Waals surface area (Å²) in [7, 11) is 0. The molecule has 0 aromatic heterocycles. The molecule has 2 fully saturated rings. The van der Waals surface area contributed by atoms with Crippen LogP contribution < -0.4 is 14.5 Å². The van der Waals surface area contributed by atoms with Crippen molar-refractivity contribution in [1.82, 2.24) is 0 Å². The molecule has 0 unspecified atom stereocenters. The number of nitrogens with zero attached hydrogens (tertiary/aromatic N) is 2. The first-order chi connectivity index (χ1) is 16.7. The Morgan fingerprint density at radius 1 is 1.00 bits per heavy atom. The molecule has 7 nitrogen and oxygen atoms in total. The minimum absolute atomic E-state index is 0.0310. The van der Waals surface area contributed by atoms with Crippen LogP contribution in [0.15, 0.2) is 54.1 Å². The van der Waals surface area contributed by atoms with E-state index in [2.05, 4.69) is 0 Å². The number of esters is 1. The lowest BCUT2D eigenvalue weighted by Crippen LogP contribution is -2.31. The van der Waals surface area contributed by atoms with Gasteiger partial charge in [0, 0.05) is 29.7 Å². The van der Waals surface area contributed by atoms with Crippen molar-refractivity contribution in [3.63, 3.8) is 0 Å². The summed E-state index contributed by atoms with van der Waals surface area (Å²) in [5, 5.41) is 0.551. The maximum absolute atomic E-state index is 13.0. The van der Waals surface area contributed by atoms with E-state index in [9.17, 15) is 19.2 Å². The molecular formula is C27H25ClN2O5. The predicted molar refractivity (Wildman–Crippen MR) is 131 cm³/mol. The van der Waals surface area contributed by atoms with Crippen LogP contribution in [-0.4, -0.2) is 30.2 Å². The normalized spacial score (nSPS) is 24.0. The summed E-state index contributed by atoms with van der Waals surface area (Å²) in [6.45, 7) is 3.99. The number of halogens is 1. The number of carbonyl (C=O) groups excluding carboxylic acids is 4. The third-order valence-electron chi connectivity index (χ3n) is 7.11. The molecule has 5 rings (SSSR count). The molecule has 2 aromatic rings. The number of anilines is 2. The first kappa shape index (κ1) is 23.3. The van der Waals surface area contributed by atoms with Gasteiger partial charge in [-0.1, -0.05) is 35.4 Å². The Bertz CT molecular complexity index is 1290. The largest absolute Gasteiger partial charge is 0.426 e. The second kappa shape index (κ2) is 8.96. The molecule has 8 heteroatoms. The molecule has 180 valence electrons. The number of ether oxygens (including phenoxy) is 1. The first-order valence-corrected chi connectivity index (χ1v) is 12.0. The van der Waals surface area contributed by atoms with Crippen LogP contribution >= 0.6 is 11.6 Å². The number of imide groups is 1. The molecule has 3 atom stereocenters. The molecular weight excluding hydrogens is 468 g/mol. The average Bonchev–Trinajstić information content (AvgIpc) is 3.33. The third-order valence-corrected chi connectivity index (χ3v) is 7.51. The van der Waals surface area contributed by atoms with Gasteiger partial charge < -0.3 is 9.64 Å². The summed E-state index contributed by atoms with van der Waals surface area (Å²) >= 11 is 6.20. The fourth-order valence-corrected chi connectivity index (χ4v) is 5.33. The predicted octanol–water partition coefficient (Wildman–Crippen LogP) is 4.45.